The molecule has 2 N–H and O–H groups in total. The van der Waals surface area contributed by atoms with Crippen LogP contribution in [-0.4, -0.2) is 15.5 Å². The summed E-state index contributed by atoms with van der Waals surface area (Å²) >= 11 is 6.27. The zero-order valence-corrected chi connectivity index (χ0v) is 16.6. The van der Waals surface area contributed by atoms with E-state index >= 15 is 0 Å². The molecular weight excluding hydrogens is 379 g/mol. The molecule has 0 fully saturated rings. The molecule has 0 spiro atoms. The minimum atomic E-state index is -0.630. The molecule has 0 saturated carbocycles. The molecular formula is C21H20ClFN4O. The average Bonchev–Trinajstić information content (AvgIpc) is 2.97. The molecule has 1 aliphatic rings. The minimum absolute atomic E-state index is 0.0921. The van der Waals surface area contributed by atoms with Crippen molar-refractivity contribution in [1.29, 1.82) is 0 Å². The van der Waals surface area contributed by atoms with Gasteiger partial charge < -0.3 is 15.2 Å². The molecule has 144 valence electrons. The number of hydrogen-bond donors (Lipinski definition) is 2. The number of fused-ring (bicyclic) bond motifs is 1. The number of hydrogen-bond acceptors (Lipinski definition) is 3. The van der Waals surface area contributed by atoms with Crippen molar-refractivity contribution in [1.82, 2.24) is 14.9 Å². The van der Waals surface area contributed by atoms with E-state index in [1.54, 1.807) is 12.1 Å². The topological polar surface area (TPSA) is 59.0 Å². The van der Waals surface area contributed by atoms with Crippen LogP contribution in [0.3, 0.4) is 0 Å². The van der Waals surface area contributed by atoms with E-state index in [2.05, 4.69) is 10.6 Å². The molecule has 7 heteroatoms. The van der Waals surface area contributed by atoms with Crippen LogP contribution in [0.2, 0.25) is 5.02 Å². The molecule has 3 aromatic rings. The van der Waals surface area contributed by atoms with Crippen molar-refractivity contribution < 1.29 is 9.18 Å². The fraction of sp³-hybridized carbons (Fsp3) is 0.238. The number of aryl methyl sites for hydroxylation is 1. The lowest BCUT2D eigenvalue weighted by Crippen LogP contribution is -2.49. The largest absolute Gasteiger partial charge is 0.342 e. The molecule has 0 unspecified atom stereocenters. The molecule has 0 aliphatic carbocycles. The lowest BCUT2D eigenvalue weighted by atomic mass is 10.0. The van der Waals surface area contributed by atoms with Crippen molar-refractivity contribution in [2.45, 2.75) is 32.9 Å². The molecule has 1 amide bonds. The van der Waals surface area contributed by atoms with Gasteiger partial charge in [-0.25, -0.2) is 9.37 Å². The second-order valence-electron chi connectivity index (χ2n) is 7.49. The van der Waals surface area contributed by atoms with E-state index < -0.39 is 5.54 Å². The summed E-state index contributed by atoms with van der Waals surface area (Å²) in [7, 11) is 0. The smallest absolute Gasteiger partial charge is 0.240 e. The summed E-state index contributed by atoms with van der Waals surface area (Å²) in [5, 5.41) is 6.97. The number of halogens is 2. The maximum absolute atomic E-state index is 13.4. The average molecular weight is 399 g/mol. The van der Waals surface area contributed by atoms with Crippen LogP contribution in [0.4, 0.5) is 15.9 Å². The maximum Gasteiger partial charge on any atom is 0.240 e. The number of carbonyl (C=O) groups is 1. The number of carbonyl (C=O) groups excluding carboxylic acids is 1. The molecule has 0 radical (unpaired) electrons. The highest BCUT2D eigenvalue weighted by Crippen LogP contribution is 2.37. The molecule has 1 aromatic heterocycles. The number of anilines is 2. The Morgan fingerprint density at radius 2 is 1.93 bits per heavy atom. The summed E-state index contributed by atoms with van der Waals surface area (Å²) in [4.78, 5) is 17.1. The summed E-state index contributed by atoms with van der Waals surface area (Å²) in [6.07, 6.45) is 0. The SMILES string of the molecule is Cc1ccc(Nc2c(-c3ccc(F)cc3)nc3n2CC(=O)NC3(C)C)cc1Cl. The van der Waals surface area contributed by atoms with Gasteiger partial charge >= 0.3 is 0 Å². The standard InChI is InChI=1S/C21H20ClFN4O/c1-12-4-9-15(10-16(12)22)24-19-18(13-5-7-14(23)8-6-13)25-20-21(2,3)26-17(28)11-27(19)20/h4-10,24H,11H2,1-3H3,(H,26,28). The van der Waals surface area contributed by atoms with E-state index in [-0.39, 0.29) is 18.3 Å². The second-order valence-corrected chi connectivity index (χ2v) is 7.90. The summed E-state index contributed by atoms with van der Waals surface area (Å²) in [6.45, 7) is 5.90. The first-order valence-electron chi connectivity index (χ1n) is 8.96. The molecule has 5 nitrogen and oxygen atoms in total. The van der Waals surface area contributed by atoms with Gasteiger partial charge in [-0.3, -0.25) is 4.79 Å². The van der Waals surface area contributed by atoms with Gasteiger partial charge in [0.1, 0.15) is 29.7 Å². The molecule has 2 heterocycles. The summed E-state index contributed by atoms with van der Waals surface area (Å²) in [5.74, 6) is 0.992. The van der Waals surface area contributed by atoms with E-state index in [9.17, 15) is 9.18 Å². The highest BCUT2D eigenvalue weighted by Gasteiger charge is 2.36. The Kier molecular flexibility index (Phi) is 4.38. The number of nitrogens with zero attached hydrogens (tertiary/aromatic N) is 2. The van der Waals surface area contributed by atoms with Gasteiger partial charge in [0.2, 0.25) is 5.91 Å². The van der Waals surface area contributed by atoms with Gasteiger partial charge in [-0.2, -0.15) is 0 Å². The number of imidazole rings is 1. The van der Waals surface area contributed by atoms with Gasteiger partial charge in [0, 0.05) is 16.3 Å². The van der Waals surface area contributed by atoms with Crippen molar-refractivity contribution in [3.8, 4) is 11.3 Å². The number of benzene rings is 2. The number of rotatable bonds is 3. The van der Waals surface area contributed by atoms with Gasteiger partial charge in [0.25, 0.3) is 0 Å². The molecule has 0 atom stereocenters. The third-order valence-electron chi connectivity index (χ3n) is 4.83. The predicted molar refractivity (Wildman–Crippen MR) is 108 cm³/mol. The summed E-state index contributed by atoms with van der Waals surface area (Å²) in [6, 6.07) is 11.8. The van der Waals surface area contributed by atoms with Gasteiger partial charge in [-0.15, -0.1) is 0 Å². The molecule has 2 aromatic carbocycles. The Morgan fingerprint density at radius 1 is 1.21 bits per heavy atom. The van der Waals surface area contributed by atoms with Crippen molar-refractivity contribution >= 4 is 29.0 Å². The van der Waals surface area contributed by atoms with E-state index in [4.69, 9.17) is 16.6 Å². The molecule has 1 aliphatic heterocycles. The zero-order chi connectivity index (χ0) is 20.1. The lowest BCUT2D eigenvalue weighted by Gasteiger charge is -2.31. The highest BCUT2D eigenvalue weighted by atomic mass is 35.5. The minimum Gasteiger partial charge on any atom is -0.342 e. The van der Waals surface area contributed by atoms with Crippen LogP contribution in [0.5, 0.6) is 0 Å². The Morgan fingerprint density at radius 3 is 2.61 bits per heavy atom. The summed E-state index contributed by atoms with van der Waals surface area (Å²) in [5.41, 5.74) is 2.53. The van der Waals surface area contributed by atoms with E-state index in [0.29, 0.717) is 16.5 Å². The highest BCUT2D eigenvalue weighted by molar-refractivity contribution is 6.31. The molecule has 0 bridgehead atoms. The quantitative estimate of drug-likeness (QED) is 0.668. The van der Waals surface area contributed by atoms with Gasteiger partial charge in [-0.05, 0) is 62.7 Å². The van der Waals surface area contributed by atoms with Crippen LogP contribution in [0.15, 0.2) is 42.5 Å². The predicted octanol–water partition coefficient (Wildman–Crippen LogP) is 4.76. The van der Waals surface area contributed by atoms with Gasteiger partial charge in [0.15, 0.2) is 0 Å². The first kappa shape index (κ1) is 18.5. The van der Waals surface area contributed by atoms with Crippen LogP contribution in [0.1, 0.15) is 25.2 Å². The summed E-state index contributed by atoms with van der Waals surface area (Å²) < 4.78 is 15.3. The van der Waals surface area contributed by atoms with Crippen LogP contribution in [-0.2, 0) is 16.9 Å². The van der Waals surface area contributed by atoms with Crippen LogP contribution >= 0.6 is 11.6 Å². The Labute approximate surface area is 167 Å². The number of aromatic nitrogens is 2. The van der Waals surface area contributed by atoms with E-state index in [1.807, 2.05) is 43.5 Å². The maximum atomic E-state index is 13.4. The molecule has 28 heavy (non-hydrogen) atoms. The fourth-order valence-corrected chi connectivity index (χ4v) is 3.60. The third kappa shape index (κ3) is 3.24. The lowest BCUT2D eigenvalue weighted by molar-refractivity contribution is -0.124. The molecule has 0 saturated heterocycles. The van der Waals surface area contributed by atoms with Gasteiger partial charge in [-0.1, -0.05) is 17.7 Å². The van der Waals surface area contributed by atoms with Crippen molar-refractivity contribution in [2.24, 2.45) is 0 Å². The van der Waals surface area contributed by atoms with Crippen molar-refractivity contribution in [2.75, 3.05) is 5.32 Å². The van der Waals surface area contributed by atoms with E-state index in [0.717, 1.165) is 22.6 Å². The fourth-order valence-electron chi connectivity index (χ4n) is 3.41. The first-order chi connectivity index (χ1) is 13.2. The van der Waals surface area contributed by atoms with E-state index in [1.165, 1.54) is 12.1 Å². The monoisotopic (exact) mass is 398 g/mol. The van der Waals surface area contributed by atoms with Crippen LogP contribution in [0.25, 0.3) is 11.3 Å². The zero-order valence-electron chi connectivity index (χ0n) is 15.8. The van der Waals surface area contributed by atoms with Crippen LogP contribution < -0.4 is 10.6 Å². The second kappa shape index (κ2) is 6.63. The number of nitrogens with one attached hydrogen (secondary N) is 2. The van der Waals surface area contributed by atoms with Crippen LogP contribution in [0, 0.1) is 12.7 Å². The Hall–Kier alpha value is -2.86. The van der Waals surface area contributed by atoms with Gasteiger partial charge in [0.05, 0.1) is 5.54 Å². The Balaban J connectivity index is 1.89. The third-order valence-corrected chi connectivity index (χ3v) is 5.24. The normalized spacial score (nSPS) is 15.1. The van der Waals surface area contributed by atoms with Crippen molar-refractivity contribution in [3.63, 3.8) is 0 Å². The molecule has 4 rings (SSSR count). The van der Waals surface area contributed by atoms with Crippen molar-refractivity contribution in [3.05, 3.63) is 64.7 Å². The number of amides is 1. The Bertz CT molecular complexity index is 1070. The first-order valence-corrected chi connectivity index (χ1v) is 9.33.